The lowest BCUT2D eigenvalue weighted by Crippen LogP contribution is -2.52. The number of likely N-dealkylation sites (tertiary alicyclic amines) is 1. The van der Waals surface area contributed by atoms with Crippen LogP contribution in [0, 0.1) is 11.3 Å². The molecule has 1 N–H and O–H groups in total. The highest BCUT2D eigenvalue weighted by atomic mass is 16.5. The van der Waals surface area contributed by atoms with Crippen LogP contribution in [0.15, 0.2) is 0 Å². The first-order chi connectivity index (χ1) is 9.11. The topological polar surface area (TPSA) is 93.9 Å². The summed E-state index contributed by atoms with van der Waals surface area (Å²) in [6.07, 6.45) is 0.954. The fourth-order valence-electron chi connectivity index (χ4n) is 2.58. The van der Waals surface area contributed by atoms with E-state index in [1.165, 1.54) is 0 Å². The van der Waals surface area contributed by atoms with Crippen LogP contribution in [0.5, 0.6) is 0 Å². The lowest BCUT2D eigenvalue weighted by molar-refractivity contribution is -0.138. The van der Waals surface area contributed by atoms with Crippen molar-refractivity contribution in [2.45, 2.75) is 31.4 Å². The summed E-state index contributed by atoms with van der Waals surface area (Å²) in [6.45, 7) is 1.64. The maximum Gasteiger partial charge on any atom is 0.320 e. The van der Waals surface area contributed by atoms with Crippen molar-refractivity contribution in [3.63, 3.8) is 0 Å². The Labute approximate surface area is 111 Å². The number of aliphatic carboxylic acids is 1. The summed E-state index contributed by atoms with van der Waals surface area (Å²) >= 11 is 0. The van der Waals surface area contributed by atoms with Gasteiger partial charge in [-0.05, 0) is 12.8 Å². The van der Waals surface area contributed by atoms with Crippen LogP contribution in [0.1, 0.15) is 19.3 Å². The molecular weight excluding hydrogens is 250 g/mol. The smallest absolute Gasteiger partial charge is 0.320 e. The second-order valence-electron chi connectivity index (χ2n) is 4.80. The van der Waals surface area contributed by atoms with Crippen molar-refractivity contribution >= 4 is 12.0 Å². The first-order valence-corrected chi connectivity index (χ1v) is 6.40. The van der Waals surface area contributed by atoms with Crippen LogP contribution < -0.4 is 0 Å². The number of urea groups is 1. The number of amides is 2. The number of carbonyl (C=O) groups is 2. The van der Waals surface area contributed by atoms with E-state index >= 15 is 0 Å². The molecule has 2 amide bonds. The van der Waals surface area contributed by atoms with Crippen molar-refractivity contribution in [1.82, 2.24) is 9.80 Å². The molecule has 2 aliphatic rings. The van der Waals surface area contributed by atoms with Gasteiger partial charge in [-0.1, -0.05) is 0 Å². The van der Waals surface area contributed by atoms with Crippen LogP contribution in [-0.2, 0) is 9.53 Å². The second-order valence-corrected chi connectivity index (χ2v) is 4.80. The molecule has 0 spiro atoms. The Balaban J connectivity index is 1.98. The number of carbonyl (C=O) groups excluding carboxylic acids is 1. The number of morpholine rings is 1. The molecule has 0 aromatic heterocycles. The van der Waals surface area contributed by atoms with Gasteiger partial charge in [0.05, 0.1) is 25.6 Å². The monoisotopic (exact) mass is 267 g/mol. The van der Waals surface area contributed by atoms with E-state index in [4.69, 9.17) is 15.1 Å². The van der Waals surface area contributed by atoms with Crippen LogP contribution in [0.3, 0.4) is 0 Å². The number of rotatable bonds is 2. The summed E-state index contributed by atoms with van der Waals surface area (Å²) in [5, 5.41) is 17.7. The Kier molecular flexibility index (Phi) is 4.22. The zero-order valence-corrected chi connectivity index (χ0v) is 10.6. The molecule has 2 rings (SSSR count). The Morgan fingerprint density at radius 3 is 2.89 bits per heavy atom. The number of carboxylic acids is 1. The molecule has 2 unspecified atom stereocenters. The molecule has 7 nitrogen and oxygen atoms in total. The number of carboxylic acid groups (broad SMARTS) is 1. The lowest BCUT2D eigenvalue weighted by atomic mass is 10.1. The van der Waals surface area contributed by atoms with Crippen molar-refractivity contribution in [3.05, 3.63) is 0 Å². The third kappa shape index (κ3) is 3.15. The number of nitriles is 1. The summed E-state index contributed by atoms with van der Waals surface area (Å²) in [4.78, 5) is 26.3. The molecule has 104 valence electrons. The molecule has 7 heteroatoms. The van der Waals surface area contributed by atoms with Gasteiger partial charge in [-0.3, -0.25) is 4.79 Å². The predicted octanol–water partition coefficient (Wildman–Crippen LogP) is 0.270. The lowest BCUT2D eigenvalue weighted by Gasteiger charge is -2.35. The van der Waals surface area contributed by atoms with Gasteiger partial charge in [-0.25, -0.2) is 4.79 Å². The Morgan fingerprint density at radius 1 is 1.42 bits per heavy atom. The van der Waals surface area contributed by atoms with Gasteiger partial charge < -0.3 is 19.6 Å². The van der Waals surface area contributed by atoms with Gasteiger partial charge in [-0.2, -0.15) is 5.26 Å². The number of ether oxygens (including phenoxy) is 1. The molecule has 0 bridgehead atoms. The molecule has 0 aromatic carbocycles. The van der Waals surface area contributed by atoms with Crippen LogP contribution in [-0.4, -0.2) is 65.3 Å². The third-order valence-corrected chi connectivity index (χ3v) is 3.51. The fourth-order valence-corrected chi connectivity index (χ4v) is 2.58. The first-order valence-electron chi connectivity index (χ1n) is 6.40. The molecule has 0 aromatic rings. The van der Waals surface area contributed by atoms with Crippen LogP contribution in [0.4, 0.5) is 4.79 Å². The van der Waals surface area contributed by atoms with Crippen molar-refractivity contribution in [2.24, 2.45) is 0 Å². The Hall–Kier alpha value is -1.81. The summed E-state index contributed by atoms with van der Waals surface area (Å²) in [7, 11) is 0. The van der Waals surface area contributed by atoms with Gasteiger partial charge in [0.25, 0.3) is 0 Å². The van der Waals surface area contributed by atoms with Gasteiger partial charge in [0.15, 0.2) is 6.10 Å². The van der Waals surface area contributed by atoms with Crippen molar-refractivity contribution in [1.29, 1.82) is 5.26 Å². The van der Waals surface area contributed by atoms with Crippen LogP contribution in [0.2, 0.25) is 0 Å². The molecule has 2 aliphatic heterocycles. The molecule has 2 heterocycles. The third-order valence-electron chi connectivity index (χ3n) is 3.51. The van der Waals surface area contributed by atoms with E-state index in [1.54, 1.807) is 9.80 Å². The van der Waals surface area contributed by atoms with Crippen molar-refractivity contribution in [2.75, 3.05) is 26.2 Å². The highest BCUT2D eigenvalue weighted by Crippen LogP contribution is 2.22. The van der Waals surface area contributed by atoms with E-state index in [0.29, 0.717) is 19.7 Å². The molecule has 19 heavy (non-hydrogen) atoms. The number of hydrogen-bond donors (Lipinski definition) is 1. The predicted molar refractivity (Wildman–Crippen MR) is 64.3 cm³/mol. The molecular formula is C12H17N3O4. The van der Waals surface area contributed by atoms with Gasteiger partial charge in [0.1, 0.15) is 0 Å². The van der Waals surface area contributed by atoms with E-state index in [2.05, 4.69) is 0 Å². The molecule has 0 aliphatic carbocycles. The average molecular weight is 267 g/mol. The maximum atomic E-state index is 12.3. The average Bonchev–Trinajstić information content (AvgIpc) is 2.85. The highest BCUT2D eigenvalue weighted by Gasteiger charge is 2.34. The van der Waals surface area contributed by atoms with E-state index in [1.807, 2.05) is 6.07 Å². The zero-order valence-electron chi connectivity index (χ0n) is 10.6. The molecule has 2 saturated heterocycles. The molecule has 0 saturated carbocycles. The fraction of sp³-hybridized carbons (Fsp3) is 0.750. The standard InChI is InChI=1S/C12H17N3O4/c13-7-10-8-14(4-5-19-10)12(18)15-3-1-2-9(15)6-11(16)17/h9-10H,1-6,8H2,(H,16,17). The SMILES string of the molecule is N#CC1CN(C(=O)N2CCCC2CC(=O)O)CCO1. The van der Waals surface area contributed by atoms with E-state index in [9.17, 15) is 9.59 Å². The quantitative estimate of drug-likeness (QED) is 0.775. The summed E-state index contributed by atoms with van der Waals surface area (Å²) in [5.74, 6) is -0.887. The largest absolute Gasteiger partial charge is 0.481 e. The van der Waals surface area contributed by atoms with E-state index in [-0.39, 0.29) is 25.0 Å². The van der Waals surface area contributed by atoms with Gasteiger partial charge in [-0.15, -0.1) is 0 Å². The van der Waals surface area contributed by atoms with Crippen molar-refractivity contribution < 1.29 is 19.4 Å². The molecule has 2 fully saturated rings. The summed E-state index contributed by atoms with van der Waals surface area (Å²) in [6, 6.07) is 1.59. The number of nitrogens with zero attached hydrogens (tertiary/aromatic N) is 3. The highest BCUT2D eigenvalue weighted by molar-refractivity contribution is 5.76. The van der Waals surface area contributed by atoms with E-state index < -0.39 is 12.1 Å². The van der Waals surface area contributed by atoms with Crippen LogP contribution >= 0.6 is 0 Å². The Morgan fingerprint density at radius 2 is 2.21 bits per heavy atom. The van der Waals surface area contributed by atoms with Crippen molar-refractivity contribution in [3.8, 4) is 6.07 Å². The molecule has 2 atom stereocenters. The summed E-state index contributed by atoms with van der Waals surface area (Å²) < 4.78 is 5.19. The van der Waals surface area contributed by atoms with Gasteiger partial charge in [0, 0.05) is 19.1 Å². The Bertz CT molecular complexity index is 406. The first kappa shape index (κ1) is 13.6. The minimum absolute atomic E-state index is 0.0161. The van der Waals surface area contributed by atoms with Gasteiger partial charge >= 0.3 is 12.0 Å². The maximum absolute atomic E-state index is 12.3. The zero-order chi connectivity index (χ0) is 13.8. The molecule has 0 radical (unpaired) electrons. The van der Waals surface area contributed by atoms with Gasteiger partial charge in [0.2, 0.25) is 0 Å². The minimum Gasteiger partial charge on any atom is -0.481 e. The number of hydrogen-bond acceptors (Lipinski definition) is 4. The van der Waals surface area contributed by atoms with Crippen LogP contribution in [0.25, 0.3) is 0 Å². The van der Waals surface area contributed by atoms with E-state index in [0.717, 1.165) is 12.8 Å². The minimum atomic E-state index is -0.887. The second kappa shape index (κ2) is 5.89. The normalized spacial score (nSPS) is 27.1. The summed E-state index contributed by atoms with van der Waals surface area (Å²) in [5.41, 5.74) is 0.